The van der Waals surface area contributed by atoms with Crippen LogP contribution in [0, 0.1) is 6.92 Å². The molecular weight excluding hydrogens is 440 g/mol. The van der Waals surface area contributed by atoms with Crippen molar-refractivity contribution >= 4 is 16.1 Å². The second-order valence-electron chi connectivity index (χ2n) is 8.69. The molecule has 0 aliphatic heterocycles. The normalized spacial score (nSPS) is 14.2. The molecule has 2 rings (SSSR count). The second kappa shape index (κ2) is 10.5. The average Bonchev–Trinajstić information content (AvgIpc) is 2.69. The molecule has 0 spiro atoms. The summed E-state index contributed by atoms with van der Waals surface area (Å²) >= 11 is 0. The van der Waals surface area contributed by atoms with E-state index in [1.54, 1.807) is 58.9 Å². The van der Waals surface area contributed by atoms with Crippen LogP contribution in [0.25, 0.3) is 0 Å². The second-order valence-corrected chi connectivity index (χ2v) is 10.3. The van der Waals surface area contributed by atoms with Gasteiger partial charge in [-0.05, 0) is 70.7 Å². The number of benzene rings is 1. The molecule has 2 unspecified atom stereocenters. The molecule has 0 amide bonds. The number of nitrogens with zero attached hydrogens (tertiary/aromatic N) is 1. The smallest absolute Gasteiger partial charge is 0.340 e. The number of carbonyl (C=O) groups excluding carboxylic acids is 1. The maximum atomic E-state index is 13.5. The number of alkyl halides is 2. The number of esters is 1. The Morgan fingerprint density at radius 3 is 2.19 bits per heavy atom. The number of halogens is 2. The average molecular weight is 470 g/mol. The Balaban J connectivity index is 2.01. The first-order chi connectivity index (χ1) is 14.8. The summed E-state index contributed by atoms with van der Waals surface area (Å²) in [4.78, 5) is 16.2. The molecule has 0 fully saturated rings. The summed E-state index contributed by atoms with van der Waals surface area (Å²) < 4.78 is 61.8. The van der Waals surface area contributed by atoms with Gasteiger partial charge in [0.25, 0.3) is 16.5 Å². The molecule has 2 atom stereocenters. The molecule has 0 N–H and O–H groups in total. The Morgan fingerprint density at radius 2 is 1.69 bits per heavy atom. The highest BCUT2D eigenvalue weighted by molar-refractivity contribution is 7.86. The van der Waals surface area contributed by atoms with E-state index >= 15 is 0 Å². The van der Waals surface area contributed by atoms with Gasteiger partial charge in [-0.1, -0.05) is 24.6 Å². The first kappa shape index (κ1) is 25.9. The molecule has 0 saturated carbocycles. The van der Waals surface area contributed by atoms with Crippen molar-refractivity contribution in [2.75, 3.05) is 0 Å². The quantitative estimate of drug-likeness (QED) is 0.368. The zero-order valence-electron chi connectivity index (χ0n) is 18.8. The fourth-order valence-corrected chi connectivity index (χ4v) is 3.94. The van der Waals surface area contributed by atoms with Gasteiger partial charge in [-0.2, -0.15) is 8.42 Å². The SMILES string of the molecule is Cc1ccc(S(=O)(=O)OC(CCC(C)c2ccc(C(=O)OC(C)(C)C)cn2)C(F)F)cc1. The number of aryl methyl sites for hydroxylation is 1. The van der Waals surface area contributed by atoms with Gasteiger partial charge in [-0.25, -0.2) is 13.6 Å². The van der Waals surface area contributed by atoms with Gasteiger partial charge in [0.15, 0.2) is 0 Å². The highest BCUT2D eigenvalue weighted by Gasteiger charge is 2.29. The van der Waals surface area contributed by atoms with Gasteiger partial charge in [0.2, 0.25) is 0 Å². The summed E-state index contributed by atoms with van der Waals surface area (Å²) in [5.41, 5.74) is 1.08. The first-order valence-corrected chi connectivity index (χ1v) is 11.7. The van der Waals surface area contributed by atoms with Crippen LogP contribution in [-0.2, 0) is 19.0 Å². The third-order valence-corrected chi connectivity index (χ3v) is 6.00. The minimum atomic E-state index is -4.31. The molecule has 176 valence electrons. The third-order valence-electron chi connectivity index (χ3n) is 4.65. The van der Waals surface area contributed by atoms with Crippen molar-refractivity contribution in [3.63, 3.8) is 0 Å². The first-order valence-electron chi connectivity index (χ1n) is 10.3. The van der Waals surface area contributed by atoms with Crippen LogP contribution < -0.4 is 0 Å². The summed E-state index contributed by atoms with van der Waals surface area (Å²) in [5, 5.41) is 0. The molecule has 0 radical (unpaired) electrons. The topological polar surface area (TPSA) is 82.6 Å². The van der Waals surface area contributed by atoms with Crippen LogP contribution in [-0.4, -0.2) is 37.5 Å². The van der Waals surface area contributed by atoms with Crippen LogP contribution in [0.3, 0.4) is 0 Å². The van der Waals surface area contributed by atoms with E-state index in [1.807, 2.05) is 0 Å². The number of aromatic nitrogens is 1. The molecule has 9 heteroatoms. The molecule has 6 nitrogen and oxygen atoms in total. The zero-order valence-corrected chi connectivity index (χ0v) is 19.7. The predicted octanol–water partition coefficient (Wildman–Crippen LogP) is 5.27. The van der Waals surface area contributed by atoms with Crippen molar-refractivity contribution in [3.05, 3.63) is 59.4 Å². The molecule has 1 heterocycles. The highest BCUT2D eigenvalue weighted by atomic mass is 32.2. The van der Waals surface area contributed by atoms with Crippen molar-refractivity contribution in [3.8, 4) is 0 Å². The summed E-state index contributed by atoms with van der Waals surface area (Å²) in [7, 11) is -4.31. The van der Waals surface area contributed by atoms with Crippen LogP contribution in [0.4, 0.5) is 8.78 Å². The van der Waals surface area contributed by atoms with Crippen LogP contribution in [0.1, 0.15) is 68.1 Å². The van der Waals surface area contributed by atoms with E-state index in [0.717, 1.165) is 5.56 Å². The van der Waals surface area contributed by atoms with Gasteiger partial charge in [0.05, 0.1) is 10.5 Å². The standard InChI is InChI=1S/C23H29F2NO5S/c1-15-6-10-18(11-7-15)32(28,29)31-20(21(24)25)13-8-16(2)19-12-9-17(14-26-19)22(27)30-23(3,4)5/h6-7,9-12,14,16,20-21H,8,13H2,1-5H3. The van der Waals surface area contributed by atoms with Gasteiger partial charge in [0.1, 0.15) is 11.7 Å². The maximum absolute atomic E-state index is 13.5. The summed E-state index contributed by atoms with van der Waals surface area (Å²) in [6, 6.07) is 8.99. The van der Waals surface area contributed by atoms with E-state index in [2.05, 4.69) is 4.98 Å². The molecule has 2 aromatic rings. The summed E-state index contributed by atoms with van der Waals surface area (Å²) in [6.07, 6.45) is -3.32. The third kappa shape index (κ3) is 7.63. The Hall–Kier alpha value is -2.39. The molecule has 0 aliphatic carbocycles. The fraction of sp³-hybridized carbons (Fsp3) is 0.478. The zero-order chi connectivity index (χ0) is 24.1. The number of ether oxygens (including phenoxy) is 1. The van der Waals surface area contributed by atoms with Gasteiger partial charge in [-0.15, -0.1) is 0 Å². The van der Waals surface area contributed by atoms with Crippen molar-refractivity contribution in [2.24, 2.45) is 0 Å². The summed E-state index contributed by atoms with van der Waals surface area (Å²) in [5.74, 6) is -0.758. The van der Waals surface area contributed by atoms with Crippen LogP contribution in [0.2, 0.25) is 0 Å². The predicted molar refractivity (Wildman–Crippen MR) is 116 cm³/mol. The largest absolute Gasteiger partial charge is 0.456 e. The van der Waals surface area contributed by atoms with Gasteiger partial charge >= 0.3 is 5.97 Å². The molecule has 32 heavy (non-hydrogen) atoms. The molecule has 1 aromatic heterocycles. The number of pyridine rings is 1. The summed E-state index contributed by atoms with van der Waals surface area (Å²) in [6.45, 7) is 8.85. The van der Waals surface area contributed by atoms with Crippen LogP contribution in [0.15, 0.2) is 47.5 Å². The minimum Gasteiger partial charge on any atom is -0.456 e. The van der Waals surface area contributed by atoms with Crippen LogP contribution in [0.5, 0.6) is 0 Å². The fourth-order valence-electron chi connectivity index (χ4n) is 2.86. The van der Waals surface area contributed by atoms with Crippen molar-refractivity contribution < 1.29 is 30.9 Å². The lowest BCUT2D eigenvalue weighted by Gasteiger charge is -2.20. The molecular formula is C23H29F2NO5S. The van der Waals surface area contributed by atoms with E-state index in [9.17, 15) is 22.0 Å². The van der Waals surface area contributed by atoms with Crippen LogP contribution >= 0.6 is 0 Å². The Bertz CT molecular complexity index is 1000. The lowest BCUT2D eigenvalue weighted by Crippen LogP contribution is -2.26. The van der Waals surface area contributed by atoms with E-state index < -0.39 is 34.2 Å². The lowest BCUT2D eigenvalue weighted by molar-refractivity contribution is 0.00685. The molecule has 0 saturated heterocycles. The Kier molecular flexibility index (Phi) is 8.47. The number of hydrogen-bond acceptors (Lipinski definition) is 6. The number of carbonyl (C=O) groups is 1. The van der Waals surface area contributed by atoms with Gasteiger partial charge in [-0.3, -0.25) is 9.17 Å². The van der Waals surface area contributed by atoms with Crippen molar-refractivity contribution in [1.29, 1.82) is 0 Å². The van der Waals surface area contributed by atoms with E-state index in [4.69, 9.17) is 8.92 Å². The molecule has 1 aromatic carbocycles. The maximum Gasteiger partial charge on any atom is 0.340 e. The number of rotatable bonds is 9. The van der Waals surface area contributed by atoms with Crippen molar-refractivity contribution in [1.82, 2.24) is 4.98 Å². The van der Waals surface area contributed by atoms with E-state index in [-0.39, 0.29) is 29.2 Å². The molecule has 0 bridgehead atoms. The molecule has 0 aliphatic rings. The number of hydrogen-bond donors (Lipinski definition) is 0. The minimum absolute atomic E-state index is 0.166. The highest BCUT2D eigenvalue weighted by Crippen LogP contribution is 2.26. The Labute approximate surface area is 188 Å². The van der Waals surface area contributed by atoms with Gasteiger partial charge in [0, 0.05) is 11.9 Å². The monoisotopic (exact) mass is 469 g/mol. The van der Waals surface area contributed by atoms with Crippen molar-refractivity contribution in [2.45, 2.75) is 76.4 Å². The Morgan fingerprint density at radius 1 is 1.06 bits per heavy atom. The van der Waals surface area contributed by atoms with E-state index in [1.165, 1.54) is 18.3 Å². The van der Waals surface area contributed by atoms with Gasteiger partial charge < -0.3 is 4.74 Å². The van der Waals surface area contributed by atoms with E-state index in [0.29, 0.717) is 5.69 Å². The lowest BCUT2D eigenvalue weighted by atomic mass is 9.98.